The Labute approximate surface area is 125 Å². The largest absolute Gasteiger partial charge is 0.312 e. The van der Waals surface area contributed by atoms with Gasteiger partial charge in [-0.3, -0.25) is 0 Å². The van der Waals surface area contributed by atoms with Crippen LogP contribution in [0.2, 0.25) is 0 Å². The van der Waals surface area contributed by atoms with Gasteiger partial charge in [-0.05, 0) is 54.0 Å². The number of aryl methyl sites for hydroxylation is 1. The molecular weight excluding hydrogens is 327 g/mol. The number of nitrogens with one attached hydrogen (secondary N) is 1. The molecule has 0 atom stereocenters. The van der Waals surface area contributed by atoms with E-state index in [0.717, 1.165) is 35.8 Å². The van der Waals surface area contributed by atoms with Gasteiger partial charge in [0.1, 0.15) is 10.8 Å². The maximum Gasteiger partial charge on any atom is 0.137 e. The highest BCUT2D eigenvalue weighted by Gasteiger charge is 2.10. The molecule has 0 radical (unpaired) electrons. The number of hydrogen-bond acceptors (Lipinski definition) is 3. The zero-order valence-electron chi connectivity index (χ0n) is 11.0. The molecule has 19 heavy (non-hydrogen) atoms. The number of halogens is 2. The summed E-state index contributed by atoms with van der Waals surface area (Å²) in [4.78, 5) is 5.81. The summed E-state index contributed by atoms with van der Waals surface area (Å²) in [6.45, 7) is 6.02. The lowest BCUT2D eigenvalue weighted by atomic mass is 10.2. The summed E-state index contributed by atoms with van der Waals surface area (Å²) in [5.41, 5.74) is 1.99. The molecule has 2 aromatic rings. The Hall–Kier alpha value is -0.780. The van der Waals surface area contributed by atoms with Gasteiger partial charge in [-0.25, -0.2) is 9.37 Å². The second-order valence-electron chi connectivity index (χ2n) is 4.33. The highest BCUT2D eigenvalue weighted by atomic mass is 79.9. The van der Waals surface area contributed by atoms with E-state index in [1.54, 1.807) is 23.5 Å². The number of nitrogens with zero attached hydrogens (tertiary/aromatic N) is 1. The molecule has 0 aliphatic carbocycles. The van der Waals surface area contributed by atoms with Gasteiger partial charge in [0.2, 0.25) is 0 Å². The Bertz CT molecular complexity index is 569. The fourth-order valence-corrected chi connectivity index (χ4v) is 3.13. The van der Waals surface area contributed by atoms with Crippen LogP contribution in [-0.2, 0) is 6.54 Å². The van der Waals surface area contributed by atoms with Crippen molar-refractivity contribution in [2.75, 3.05) is 6.54 Å². The quantitative estimate of drug-likeness (QED) is 0.808. The Morgan fingerprint density at radius 3 is 2.89 bits per heavy atom. The lowest BCUT2D eigenvalue weighted by Gasteiger charge is -2.00. The fraction of sp³-hybridized carbons (Fsp3) is 0.357. The molecule has 0 aliphatic rings. The van der Waals surface area contributed by atoms with Crippen LogP contribution < -0.4 is 5.32 Å². The molecule has 102 valence electrons. The van der Waals surface area contributed by atoms with E-state index >= 15 is 0 Å². The summed E-state index contributed by atoms with van der Waals surface area (Å²) in [5.74, 6) is -0.248. The van der Waals surface area contributed by atoms with Crippen molar-refractivity contribution in [3.05, 3.63) is 39.1 Å². The highest BCUT2D eigenvalue weighted by Crippen LogP contribution is 2.30. The van der Waals surface area contributed by atoms with E-state index in [2.05, 4.69) is 33.2 Å². The van der Waals surface area contributed by atoms with Gasteiger partial charge in [0.05, 0.1) is 10.2 Å². The number of aromatic nitrogens is 1. The van der Waals surface area contributed by atoms with E-state index in [1.165, 1.54) is 10.9 Å². The van der Waals surface area contributed by atoms with Crippen LogP contribution in [-0.4, -0.2) is 11.5 Å². The van der Waals surface area contributed by atoms with Crippen LogP contribution in [0.3, 0.4) is 0 Å². The van der Waals surface area contributed by atoms with Crippen molar-refractivity contribution < 1.29 is 4.39 Å². The van der Waals surface area contributed by atoms with E-state index < -0.39 is 0 Å². The van der Waals surface area contributed by atoms with Crippen LogP contribution in [0.4, 0.5) is 4.39 Å². The highest BCUT2D eigenvalue weighted by molar-refractivity contribution is 9.10. The second-order valence-corrected chi connectivity index (χ2v) is 6.27. The maximum absolute atomic E-state index is 13.2. The molecule has 2 rings (SSSR count). The van der Waals surface area contributed by atoms with Gasteiger partial charge in [-0.1, -0.05) is 6.92 Å². The van der Waals surface area contributed by atoms with Crippen LogP contribution >= 0.6 is 27.3 Å². The van der Waals surface area contributed by atoms with Gasteiger partial charge in [0.15, 0.2) is 0 Å². The van der Waals surface area contributed by atoms with Crippen molar-refractivity contribution in [2.24, 2.45) is 0 Å². The first-order valence-corrected chi connectivity index (χ1v) is 7.85. The molecule has 0 fully saturated rings. The standard InChI is InChI=1S/C14H16BrFN2S/c1-3-6-17-8-13-9(2)18-14(19-13)10-4-5-12(16)11(15)7-10/h4-5,7,17H,3,6,8H2,1-2H3. The summed E-state index contributed by atoms with van der Waals surface area (Å²) in [6, 6.07) is 5.00. The monoisotopic (exact) mass is 342 g/mol. The molecule has 0 saturated carbocycles. The fourth-order valence-electron chi connectivity index (χ4n) is 1.72. The smallest absolute Gasteiger partial charge is 0.137 e. The number of thiazole rings is 1. The first kappa shape index (κ1) is 14.6. The molecular formula is C14H16BrFN2S. The molecule has 1 aromatic heterocycles. The third-order valence-electron chi connectivity index (χ3n) is 2.77. The number of benzene rings is 1. The summed E-state index contributed by atoms with van der Waals surface area (Å²) < 4.78 is 13.7. The summed E-state index contributed by atoms with van der Waals surface area (Å²) in [7, 11) is 0. The summed E-state index contributed by atoms with van der Waals surface area (Å²) in [6.07, 6.45) is 1.12. The van der Waals surface area contributed by atoms with Crippen LogP contribution in [0.25, 0.3) is 10.6 Å². The van der Waals surface area contributed by atoms with E-state index in [1.807, 2.05) is 6.92 Å². The summed E-state index contributed by atoms with van der Waals surface area (Å²) >= 11 is 4.87. The average Bonchev–Trinajstić information content (AvgIpc) is 2.75. The van der Waals surface area contributed by atoms with Gasteiger partial charge in [-0.15, -0.1) is 11.3 Å². The molecule has 5 heteroatoms. The molecule has 0 aliphatic heterocycles. The SMILES string of the molecule is CCCNCc1sc(-c2ccc(F)c(Br)c2)nc1C. The van der Waals surface area contributed by atoms with Crippen molar-refractivity contribution in [3.63, 3.8) is 0 Å². The molecule has 0 amide bonds. The zero-order valence-corrected chi connectivity index (χ0v) is 13.4. The lowest BCUT2D eigenvalue weighted by Crippen LogP contribution is -2.13. The third kappa shape index (κ3) is 3.61. The molecule has 0 spiro atoms. The second kappa shape index (κ2) is 6.59. The minimum absolute atomic E-state index is 0.248. The van der Waals surface area contributed by atoms with Gasteiger partial charge in [0, 0.05) is 17.0 Å². The van der Waals surface area contributed by atoms with E-state index in [9.17, 15) is 4.39 Å². The molecule has 0 bridgehead atoms. The predicted octanol–water partition coefficient (Wildman–Crippen LogP) is 4.52. The Morgan fingerprint density at radius 2 is 2.21 bits per heavy atom. The Balaban J connectivity index is 2.21. The van der Waals surface area contributed by atoms with E-state index in [-0.39, 0.29) is 5.82 Å². The molecule has 2 nitrogen and oxygen atoms in total. The van der Waals surface area contributed by atoms with Gasteiger partial charge in [0.25, 0.3) is 0 Å². The molecule has 1 heterocycles. The summed E-state index contributed by atoms with van der Waals surface area (Å²) in [5, 5.41) is 4.32. The predicted molar refractivity (Wildman–Crippen MR) is 81.9 cm³/mol. The minimum atomic E-state index is -0.248. The zero-order chi connectivity index (χ0) is 13.8. The normalized spacial score (nSPS) is 10.9. The maximum atomic E-state index is 13.2. The average molecular weight is 343 g/mol. The van der Waals surface area contributed by atoms with Crippen LogP contribution in [0, 0.1) is 12.7 Å². The molecule has 1 aromatic carbocycles. The van der Waals surface area contributed by atoms with Crippen molar-refractivity contribution >= 4 is 27.3 Å². The molecule has 0 unspecified atom stereocenters. The van der Waals surface area contributed by atoms with Crippen molar-refractivity contribution in [1.29, 1.82) is 0 Å². The number of hydrogen-bond donors (Lipinski definition) is 1. The van der Waals surface area contributed by atoms with Crippen LogP contribution in [0.15, 0.2) is 22.7 Å². The lowest BCUT2D eigenvalue weighted by molar-refractivity contribution is 0.621. The van der Waals surface area contributed by atoms with Gasteiger partial charge < -0.3 is 5.32 Å². The van der Waals surface area contributed by atoms with E-state index in [0.29, 0.717) is 4.47 Å². The van der Waals surface area contributed by atoms with Crippen molar-refractivity contribution in [3.8, 4) is 10.6 Å². The van der Waals surface area contributed by atoms with Gasteiger partial charge in [-0.2, -0.15) is 0 Å². The Morgan fingerprint density at radius 1 is 1.42 bits per heavy atom. The van der Waals surface area contributed by atoms with E-state index in [4.69, 9.17) is 0 Å². The van der Waals surface area contributed by atoms with Gasteiger partial charge >= 0.3 is 0 Å². The van der Waals surface area contributed by atoms with Crippen LogP contribution in [0.5, 0.6) is 0 Å². The van der Waals surface area contributed by atoms with Crippen LogP contribution in [0.1, 0.15) is 23.9 Å². The van der Waals surface area contributed by atoms with Crippen molar-refractivity contribution in [1.82, 2.24) is 10.3 Å². The Kier molecular flexibility index (Phi) is 5.07. The third-order valence-corrected chi connectivity index (χ3v) is 4.59. The van der Waals surface area contributed by atoms with Crippen molar-refractivity contribution in [2.45, 2.75) is 26.8 Å². The first-order chi connectivity index (χ1) is 9.11. The number of rotatable bonds is 5. The topological polar surface area (TPSA) is 24.9 Å². The molecule has 1 N–H and O–H groups in total. The minimum Gasteiger partial charge on any atom is -0.312 e. The molecule has 0 saturated heterocycles. The first-order valence-electron chi connectivity index (χ1n) is 6.24.